The summed E-state index contributed by atoms with van der Waals surface area (Å²) in [6.07, 6.45) is 2.80. The van der Waals surface area contributed by atoms with Crippen molar-refractivity contribution >= 4 is 45.5 Å². The standard InChI is InChI=1S/C27H39FIN3O4/c1-18(2)32(19-11-10-14-30(17-19)26(34)36-27(3,4)5)25(33)24-22(29)20-12-9-13-21(28)23(20)31(24)15-7-8-16-35-6/h9,12-13,18-19H,7-8,10-11,14-17H2,1-6H3/t19-/m1/s1. The van der Waals surface area contributed by atoms with E-state index in [1.54, 1.807) is 18.1 Å². The lowest BCUT2D eigenvalue weighted by molar-refractivity contribution is 0.00731. The van der Waals surface area contributed by atoms with Gasteiger partial charge in [0.2, 0.25) is 0 Å². The van der Waals surface area contributed by atoms with Gasteiger partial charge in [0.05, 0.1) is 15.1 Å². The zero-order valence-corrected chi connectivity index (χ0v) is 24.4. The van der Waals surface area contributed by atoms with Crippen LogP contribution in [0.5, 0.6) is 0 Å². The number of unbranched alkanes of at least 4 members (excludes halogenated alkanes) is 1. The van der Waals surface area contributed by atoms with Crippen LogP contribution >= 0.6 is 22.6 Å². The predicted molar refractivity (Wildman–Crippen MR) is 148 cm³/mol. The summed E-state index contributed by atoms with van der Waals surface area (Å²) < 4.78 is 28.4. The van der Waals surface area contributed by atoms with Gasteiger partial charge in [0.1, 0.15) is 17.1 Å². The summed E-state index contributed by atoms with van der Waals surface area (Å²) in [4.78, 5) is 30.6. The van der Waals surface area contributed by atoms with E-state index in [2.05, 4.69) is 22.6 Å². The summed E-state index contributed by atoms with van der Waals surface area (Å²) in [5.41, 5.74) is 0.392. The van der Waals surface area contributed by atoms with Gasteiger partial charge < -0.3 is 23.8 Å². The SMILES string of the molecule is COCCCCn1c(C(=O)N(C(C)C)[C@@H]2CCCN(C(=O)OC(C)(C)C)C2)c(I)c2cccc(F)c21. The van der Waals surface area contributed by atoms with Crippen LogP contribution in [0.2, 0.25) is 0 Å². The highest BCUT2D eigenvalue weighted by Crippen LogP contribution is 2.32. The minimum Gasteiger partial charge on any atom is -0.444 e. The molecule has 200 valence electrons. The maximum atomic E-state index is 15.0. The largest absolute Gasteiger partial charge is 0.444 e. The number of aryl methyl sites for hydroxylation is 1. The van der Waals surface area contributed by atoms with Gasteiger partial charge in [0, 0.05) is 44.8 Å². The first-order chi connectivity index (χ1) is 17.0. The first-order valence-corrected chi connectivity index (χ1v) is 13.8. The van der Waals surface area contributed by atoms with Crippen molar-refractivity contribution in [3.8, 4) is 0 Å². The molecule has 1 aliphatic rings. The van der Waals surface area contributed by atoms with Crippen molar-refractivity contribution < 1.29 is 23.5 Å². The summed E-state index contributed by atoms with van der Waals surface area (Å²) in [7, 11) is 1.66. The van der Waals surface area contributed by atoms with Crippen LogP contribution in [0.3, 0.4) is 0 Å². The maximum Gasteiger partial charge on any atom is 0.410 e. The second kappa shape index (κ2) is 12.1. The number of amides is 2. The Balaban J connectivity index is 1.96. The third-order valence-electron chi connectivity index (χ3n) is 6.39. The Morgan fingerprint density at radius 2 is 1.97 bits per heavy atom. The molecule has 0 saturated carbocycles. The van der Waals surface area contributed by atoms with Crippen LogP contribution in [-0.4, -0.2) is 70.9 Å². The van der Waals surface area contributed by atoms with Crippen molar-refractivity contribution in [2.24, 2.45) is 0 Å². The molecule has 1 fully saturated rings. The number of fused-ring (bicyclic) bond motifs is 1. The van der Waals surface area contributed by atoms with E-state index in [9.17, 15) is 9.59 Å². The van der Waals surface area contributed by atoms with Crippen LogP contribution in [0.15, 0.2) is 18.2 Å². The molecule has 1 aromatic heterocycles. The number of hydrogen-bond donors (Lipinski definition) is 0. The van der Waals surface area contributed by atoms with Crippen LogP contribution in [-0.2, 0) is 16.0 Å². The van der Waals surface area contributed by atoms with E-state index < -0.39 is 5.60 Å². The summed E-state index contributed by atoms with van der Waals surface area (Å²) >= 11 is 2.17. The number of nitrogens with zero attached hydrogens (tertiary/aromatic N) is 3. The minimum absolute atomic E-state index is 0.0957. The fourth-order valence-corrected chi connectivity index (χ4v) is 5.85. The Kier molecular flexibility index (Phi) is 9.65. The lowest BCUT2D eigenvalue weighted by Gasteiger charge is -2.41. The highest BCUT2D eigenvalue weighted by atomic mass is 127. The highest BCUT2D eigenvalue weighted by molar-refractivity contribution is 14.1. The quantitative estimate of drug-likeness (QED) is 0.268. The normalized spacial score (nSPS) is 16.6. The molecule has 0 unspecified atom stereocenters. The van der Waals surface area contributed by atoms with Crippen molar-refractivity contribution in [3.05, 3.63) is 33.3 Å². The molecular weight excluding hydrogens is 576 g/mol. The molecule has 0 radical (unpaired) electrons. The molecule has 2 aromatic rings. The molecule has 0 N–H and O–H groups in total. The molecule has 0 aliphatic carbocycles. The molecule has 2 heterocycles. The van der Waals surface area contributed by atoms with E-state index in [0.29, 0.717) is 37.5 Å². The van der Waals surface area contributed by atoms with Gasteiger partial charge in [-0.1, -0.05) is 12.1 Å². The molecule has 9 heteroatoms. The number of methoxy groups -OCH3 is 1. The first kappa shape index (κ1) is 28.7. The zero-order valence-electron chi connectivity index (χ0n) is 22.3. The lowest BCUT2D eigenvalue weighted by Crippen LogP contribution is -2.54. The molecule has 7 nitrogen and oxygen atoms in total. The Labute approximate surface area is 227 Å². The Bertz CT molecular complexity index is 1080. The first-order valence-electron chi connectivity index (χ1n) is 12.7. The van der Waals surface area contributed by atoms with Gasteiger partial charge in [0.15, 0.2) is 0 Å². The van der Waals surface area contributed by atoms with E-state index in [4.69, 9.17) is 9.47 Å². The predicted octanol–water partition coefficient (Wildman–Crippen LogP) is 6.06. The topological polar surface area (TPSA) is 64.0 Å². The van der Waals surface area contributed by atoms with Crippen molar-refractivity contribution in [2.75, 3.05) is 26.8 Å². The number of carbonyl (C=O) groups is 2. The van der Waals surface area contributed by atoms with Gasteiger partial charge in [-0.25, -0.2) is 9.18 Å². The van der Waals surface area contributed by atoms with Gasteiger partial charge in [0.25, 0.3) is 5.91 Å². The van der Waals surface area contributed by atoms with Crippen molar-refractivity contribution in [1.82, 2.24) is 14.4 Å². The number of likely N-dealkylation sites (tertiary alicyclic amines) is 1. The number of halogens is 2. The molecule has 1 atom stereocenters. The van der Waals surface area contributed by atoms with Crippen LogP contribution in [0, 0.1) is 9.39 Å². The highest BCUT2D eigenvalue weighted by Gasteiger charge is 2.36. The fourth-order valence-electron chi connectivity index (χ4n) is 4.89. The molecular formula is C27H39FIN3O4. The molecule has 1 aromatic carbocycles. The van der Waals surface area contributed by atoms with E-state index in [0.717, 1.165) is 34.6 Å². The Morgan fingerprint density at radius 3 is 2.61 bits per heavy atom. The van der Waals surface area contributed by atoms with Gasteiger partial charge in [-0.15, -0.1) is 0 Å². The summed E-state index contributed by atoms with van der Waals surface area (Å²) in [6, 6.07) is 4.75. The van der Waals surface area contributed by atoms with Gasteiger partial charge in [-0.2, -0.15) is 0 Å². The van der Waals surface area contributed by atoms with E-state index in [1.165, 1.54) is 6.07 Å². The molecule has 0 spiro atoms. The fraction of sp³-hybridized carbons (Fsp3) is 0.630. The molecule has 3 rings (SSSR count). The van der Waals surface area contributed by atoms with E-state index in [-0.39, 0.29) is 29.9 Å². The van der Waals surface area contributed by atoms with Crippen LogP contribution < -0.4 is 0 Å². The Morgan fingerprint density at radius 1 is 1.25 bits per heavy atom. The lowest BCUT2D eigenvalue weighted by atomic mass is 10.0. The third kappa shape index (κ3) is 6.51. The summed E-state index contributed by atoms with van der Waals surface area (Å²) in [5, 5.41) is 0.744. The average molecular weight is 616 g/mol. The smallest absolute Gasteiger partial charge is 0.410 e. The number of rotatable bonds is 8. The third-order valence-corrected chi connectivity index (χ3v) is 7.48. The maximum absolute atomic E-state index is 15.0. The van der Waals surface area contributed by atoms with Crippen molar-refractivity contribution in [3.63, 3.8) is 0 Å². The molecule has 1 aliphatic heterocycles. The van der Waals surface area contributed by atoms with Crippen molar-refractivity contribution in [2.45, 2.75) is 84.5 Å². The summed E-state index contributed by atoms with van der Waals surface area (Å²) in [6.45, 7) is 11.7. The number of carbonyl (C=O) groups excluding carboxylic acids is 2. The van der Waals surface area contributed by atoms with Gasteiger partial charge in [-0.05, 0) is 89.0 Å². The summed E-state index contributed by atoms with van der Waals surface area (Å²) in [5.74, 6) is -0.464. The second-order valence-corrected chi connectivity index (χ2v) is 11.8. The minimum atomic E-state index is -0.582. The zero-order chi connectivity index (χ0) is 26.6. The van der Waals surface area contributed by atoms with Crippen LogP contribution in [0.4, 0.5) is 9.18 Å². The van der Waals surface area contributed by atoms with Gasteiger partial charge in [-0.3, -0.25) is 4.79 Å². The number of benzene rings is 1. The monoisotopic (exact) mass is 615 g/mol. The number of hydrogen-bond acceptors (Lipinski definition) is 4. The van der Waals surface area contributed by atoms with Gasteiger partial charge >= 0.3 is 6.09 Å². The molecule has 2 amide bonds. The van der Waals surface area contributed by atoms with Crippen molar-refractivity contribution in [1.29, 1.82) is 0 Å². The molecule has 1 saturated heterocycles. The molecule has 0 bridgehead atoms. The second-order valence-electron chi connectivity index (χ2n) is 10.7. The number of piperidine rings is 1. The van der Waals surface area contributed by atoms with E-state index in [1.807, 2.05) is 50.2 Å². The van der Waals surface area contributed by atoms with Crippen LogP contribution in [0.1, 0.15) is 70.8 Å². The average Bonchev–Trinajstić information content (AvgIpc) is 3.08. The molecule has 36 heavy (non-hydrogen) atoms. The van der Waals surface area contributed by atoms with E-state index >= 15 is 4.39 Å². The van der Waals surface area contributed by atoms with Crippen LogP contribution in [0.25, 0.3) is 10.9 Å². The number of ether oxygens (including phenoxy) is 2. The number of para-hydroxylation sites is 1. The number of aromatic nitrogens is 1. The Hall–Kier alpha value is -1.88.